The number of aldehydes is 1. The van der Waals surface area contributed by atoms with E-state index in [0.717, 1.165) is 43.7 Å². The lowest BCUT2D eigenvalue weighted by molar-refractivity contribution is 0.112. The van der Waals surface area contributed by atoms with E-state index in [1.165, 1.54) is 6.07 Å². The molecule has 1 aromatic heterocycles. The molecule has 1 aliphatic heterocycles. The topological polar surface area (TPSA) is 67.6 Å². The van der Waals surface area contributed by atoms with Crippen LogP contribution in [0.5, 0.6) is 5.75 Å². The van der Waals surface area contributed by atoms with Gasteiger partial charge in [0.25, 0.3) is 0 Å². The molecule has 0 atom stereocenters. The van der Waals surface area contributed by atoms with Gasteiger partial charge in [0, 0.05) is 30.5 Å². The van der Waals surface area contributed by atoms with Gasteiger partial charge in [-0.05, 0) is 42.5 Å². The van der Waals surface area contributed by atoms with E-state index in [0.29, 0.717) is 17.5 Å². The lowest BCUT2D eigenvalue weighted by Gasteiger charge is -2.28. The highest BCUT2D eigenvalue weighted by Gasteiger charge is 2.13. The molecule has 7 heteroatoms. The number of aromatic hydroxyl groups is 1. The monoisotopic (exact) mass is 367 g/mol. The van der Waals surface area contributed by atoms with Crippen LogP contribution < -0.4 is 4.90 Å². The molecule has 0 radical (unpaired) electrons. The second-order valence-corrected chi connectivity index (χ2v) is 6.28. The largest absolute Gasteiger partial charge is 0.504 e. The van der Waals surface area contributed by atoms with E-state index in [2.05, 4.69) is 10.00 Å². The van der Waals surface area contributed by atoms with Crippen molar-refractivity contribution in [2.75, 3.05) is 31.2 Å². The smallest absolute Gasteiger partial charge is 0.166 e. The lowest BCUT2D eigenvalue weighted by Crippen LogP contribution is -2.36. The molecule has 0 aliphatic carbocycles. The summed E-state index contributed by atoms with van der Waals surface area (Å²) in [4.78, 5) is 13.3. The van der Waals surface area contributed by atoms with Crippen LogP contribution in [0.2, 0.25) is 0 Å². The number of carbonyl (C=O) groups is 1. The van der Waals surface area contributed by atoms with Crippen molar-refractivity contribution in [2.24, 2.45) is 0 Å². The fourth-order valence-corrected chi connectivity index (χ4v) is 3.12. The number of ether oxygens (including phenoxy) is 1. The van der Waals surface area contributed by atoms with Gasteiger partial charge in [0.15, 0.2) is 17.9 Å². The predicted molar refractivity (Wildman–Crippen MR) is 99.0 cm³/mol. The Morgan fingerprint density at radius 1 is 1.07 bits per heavy atom. The average molecular weight is 367 g/mol. The highest BCUT2D eigenvalue weighted by atomic mass is 19.1. The molecular weight excluding hydrogens is 349 g/mol. The lowest BCUT2D eigenvalue weighted by atomic mass is 10.1. The van der Waals surface area contributed by atoms with Gasteiger partial charge in [-0.3, -0.25) is 4.79 Å². The second-order valence-electron chi connectivity index (χ2n) is 6.28. The van der Waals surface area contributed by atoms with Crippen molar-refractivity contribution in [3.63, 3.8) is 0 Å². The van der Waals surface area contributed by atoms with Gasteiger partial charge in [0.1, 0.15) is 0 Å². The predicted octanol–water partition coefficient (Wildman–Crippen LogP) is 3.03. The summed E-state index contributed by atoms with van der Waals surface area (Å²) in [6.07, 6.45) is 2.19. The number of anilines is 1. The highest BCUT2D eigenvalue weighted by molar-refractivity contribution is 5.82. The maximum Gasteiger partial charge on any atom is 0.166 e. The molecule has 1 N–H and O–H groups in total. The summed E-state index contributed by atoms with van der Waals surface area (Å²) in [6.45, 7) is 3.21. The van der Waals surface area contributed by atoms with E-state index in [1.807, 2.05) is 24.3 Å². The van der Waals surface area contributed by atoms with Crippen LogP contribution in [0.25, 0.3) is 16.9 Å². The summed E-state index contributed by atoms with van der Waals surface area (Å²) in [5, 5.41) is 14.0. The third-order valence-electron chi connectivity index (χ3n) is 4.60. The maximum atomic E-state index is 13.8. The van der Waals surface area contributed by atoms with E-state index < -0.39 is 11.6 Å². The van der Waals surface area contributed by atoms with Gasteiger partial charge in [-0.25, -0.2) is 9.07 Å². The summed E-state index contributed by atoms with van der Waals surface area (Å²) < 4.78 is 20.9. The molecule has 27 heavy (non-hydrogen) atoms. The molecule has 138 valence electrons. The normalized spacial score (nSPS) is 14.3. The van der Waals surface area contributed by atoms with Crippen LogP contribution in [-0.4, -0.2) is 47.5 Å². The summed E-state index contributed by atoms with van der Waals surface area (Å²) in [7, 11) is 0. The SMILES string of the molecule is O=Cc1cc(-c2ccn(-c3ccc(N4CCOCC4)cc3)n2)cc(F)c1O. The number of phenolic OH excluding ortho intramolecular Hbond substituents is 1. The minimum absolute atomic E-state index is 0.102. The Bertz CT molecular complexity index is 963. The van der Waals surface area contributed by atoms with Gasteiger partial charge >= 0.3 is 0 Å². The van der Waals surface area contributed by atoms with Crippen LogP contribution in [0, 0.1) is 5.82 Å². The number of nitrogens with zero attached hydrogens (tertiary/aromatic N) is 3. The number of benzene rings is 2. The van der Waals surface area contributed by atoms with Crippen LogP contribution >= 0.6 is 0 Å². The first kappa shape index (κ1) is 17.2. The first-order chi connectivity index (χ1) is 13.2. The zero-order valence-corrected chi connectivity index (χ0v) is 14.5. The number of phenols is 1. The number of hydrogen-bond acceptors (Lipinski definition) is 5. The van der Waals surface area contributed by atoms with Crippen molar-refractivity contribution in [3.8, 4) is 22.7 Å². The van der Waals surface area contributed by atoms with E-state index in [9.17, 15) is 14.3 Å². The highest BCUT2D eigenvalue weighted by Crippen LogP contribution is 2.28. The van der Waals surface area contributed by atoms with Crippen molar-refractivity contribution in [1.29, 1.82) is 0 Å². The average Bonchev–Trinajstić information content (AvgIpc) is 3.21. The van der Waals surface area contributed by atoms with Crippen LogP contribution in [0.4, 0.5) is 10.1 Å². The molecular formula is C20H18FN3O3. The molecule has 2 aromatic carbocycles. The van der Waals surface area contributed by atoms with E-state index in [4.69, 9.17) is 4.74 Å². The summed E-state index contributed by atoms with van der Waals surface area (Å²) in [5.74, 6) is -1.49. The molecule has 0 amide bonds. The zero-order chi connectivity index (χ0) is 18.8. The van der Waals surface area contributed by atoms with Gasteiger partial charge in [-0.2, -0.15) is 5.10 Å². The third kappa shape index (κ3) is 3.41. The van der Waals surface area contributed by atoms with Crippen LogP contribution in [0.1, 0.15) is 10.4 Å². The summed E-state index contributed by atoms with van der Waals surface area (Å²) >= 11 is 0. The Balaban J connectivity index is 1.59. The number of aromatic nitrogens is 2. The van der Waals surface area contributed by atoms with Crippen LogP contribution in [0.15, 0.2) is 48.7 Å². The minimum Gasteiger partial charge on any atom is -0.504 e. The van der Waals surface area contributed by atoms with Crippen LogP contribution in [0.3, 0.4) is 0 Å². The van der Waals surface area contributed by atoms with Crippen molar-refractivity contribution < 1.29 is 19.0 Å². The fourth-order valence-electron chi connectivity index (χ4n) is 3.12. The van der Waals surface area contributed by atoms with E-state index in [1.54, 1.807) is 16.9 Å². The molecule has 1 aliphatic rings. The summed E-state index contributed by atoms with van der Waals surface area (Å²) in [5.41, 5.74) is 2.83. The number of carbonyl (C=O) groups excluding carboxylic acids is 1. The number of morpholine rings is 1. The Morgan fingerprint density at radius 2 is 1.78 bits per heavy atom. The van der Waals surface area contributed by atoms with Crippen molar-refractivity contribution >= 4 is 12.0 Å². The Morgan fingerprint density at radius 3 is 2.48 bits per heavy atom. The molecule has 1 fully saturated rings. The van der Waals surface area contributed by atoms with Gasteiger partial charge in [-0.1, -0.05) is 0 Å². The maximum absolute atomic E-state index is 13.8. The van der Waals surface area contributed by atoms with Crippen LogP contribution in [-0.2, 0) is 4.74 Å². The van der Waals surface area contributed by atoms with Gasteiger partial charge in [0.2, 0.25) is 0 Å². The molecule has 1 saturated heterocycles. The Labute approximate surface area is 155 Å². The zero-order valence-electron chi connectivity index (χ0n) is 14.5. The Kier molecular flexibility index (Phi) is 4.60. The molecule has 6 nitrogen and oxygen atoms in total. The molecule has 0 unspecified atom stereocenters. The summed E-state index contributed by atoms with van der Waals surface area (Å²) in [6, 6.07) is 12.3. The quantitative estimate of drug-likeness (QED) is 0.718. The molecule has 0 saturated carbocycles. The molecule has 0 bridgehead atoms. The van der Waals surface area contributed by atoms with Gasteiger partial charge < -0.3 is 14.7 Å². The first-order valence-corrected chi connectivity index (χ1v) is 8.62. The van der Waals surface area contributed by atoms with Crippen molar-refractivity contribution in [3.05, 3.63) is 60.0 Å². The van der Waals surface area contributed by atoms with Crippen molar-refractivity contribution in [2.45, 2.75) is 0 Å². The van der Waals surface area contributed by atoms with E-state index >= 15 is 0 Å². The van der Waals surface area contributed by atoms with Gasteiger partial charge in [0.05, 0.1) is 30.2 Å². The van der Waals surface area contributed by atoms with E-state index in [-0.39, 0.29) is 5.56 Å². The minimum atomic E-state index is -0.848. The molecule has 4 rings (SSSR count). The Hall–Kier alpha value is -3.19. The van der Waals surface area contributed by atoms with Crippen molar-refractivity contribution in [1.82, 2.24) is 9.78 Å². The molecule has 2 heterocycles. The van der Waals surface area contributed by atoms with Gasteiger partial charge in [-0.15, -0.1) is 0 Å². The molecule has 0 spiro atoms. The first-order valence-electron chi connectivity index (χ1n) is 8.62. The second kappa shape index (κ2) is 7.20. The molecule has 3 aromatic rings. The third-order valence-corrected chi connectivity index (χ3v) is 4.60. The number of rotatable bonds is 4. The number of halogens is 1. The number of hydrogen-bond donors (Lipinski definition) is 1. The fraction of sp³-hybridized carbons (Fsp3) is 0.200. The standard InChI is InChI=1S/C20H18FN3O3/c21-18-12-14(11-15(13-25)20(18)26)19-5-6-24(22-19)17-3-1-16(2-4-17)23-7-9-27-10-8-23/h1-6,11-13,26H,7-10H2.